The third kappa shape index (κ3) is 2.96. The first-order chi connectivity index (χ1) is 9.52. The van der Waals surface area contributed by atoms with E-state index in [1.807, 2.05) is 29.7 Å². The molecule has 0 radical (unpaired) electrons. The van der Waals surface area contributed by atoms with E-state index < -0.39 is 5.97 Å². The number of fused-ring (bicyclic) bond motifs is 1. The lowest BCUT2D eigenvalue weighted by Gasteiger charge is -2.08. The number of carboxylic acids is 1. The highest BCUT2D eigenvalue weighted by molar-refractivity contribution is 7.99. The summed E-state index contributed by atoms with van der Waals surface area (Å²) in [5, 5.41) is 9.49. The summed E-state index contributed by atoms with van der Waals surface area (Å²) in [5.41, 5.74) is 2.63. The second kappa shape index (κ2) is 6.00. The summed E-state index contributed by atoms with van der Waals surface area (Å²) < 4.78 is 7.27. The van der Waals surface area contributed by atoms with Crippen molar-refractivity contribution < 1.29 is 14.6 Å². The van der Waals surface area contributed by atoms with Crippen LogP contribution in [-0.4, -0.2) is 33.5 Å². The van der Waals surface area contributed by atoms with Crippen molar-refractivity contribution in [3.8, 4) is 5.75 Å². The third-order valence-electron chi connectivity index (χ3n) is 2.68. The van der Waals surface area contributed by atoms with Gasteiger partial charge in [-0.05, 0) is 19.1 Å². The molecule has 0 saturated carbocycles. The number of hydrogen-bond acceptors (Lipinski definition) is 4. The van der Waals surface area contributed by atoms with Gasteiger partial charge in [-0.3, -0.25) is 4.79 Å². The molecule has 0 spiro atoms. The molecule has 20 heavy (non-hydrogen) atoms. The van der Waals surface area contributed by atoms with Gasteiger partial charge < -0.3 is 14.4 Å². The maximum atomic E-state index is 10.7. The Balaban J connectivity index is 2.53. The van der Waals surface area contributed by atoms with Gasteiger partial charge in [-0.2, -0.15) is 0 Å². The minimum absolute atomic E-state index is 0.0260. The molecule has 1 heterocycles. The zero-order valence-electron chi connectivity index (χ0n) is 11.4. The van der Waals surface area contributed by atoms with Gasteiger partial charge in [0.15, 0.2) is 5.16 Å². The number of aromatic nitrogens is 2. The van der Waals surface area contributed by atoms with E-state index in [-0.39, 0.29) is 5.75 Å². The summed E-state index contributed by atoms with van der Waals surface area (Å²) in [4.78, 5) is 15.2. The van der Waals surface area contributed by atoms with Crippen LogP contribution in [0.4, 0.5) is 0 Å². The number of imidazole rings is 1. The third-order valence-corrected chi connectivity index (χ3v) is 3.64. The van der Waals surface area contributed by atoms with Gasteiger partial charge in [-0.1, -0.05) is 30.0 Å². The van der Waals surface area contributed by atoms with E-state index in [0.29, 0.717) is 17.5 Å². The van der Waals surface area contributed by atoms with Gasteiger partial charge in [0.25, 0.3) is 0 Å². The normalized spacial score (nSPS) is 10.7. The summed E-state index contributed by atoms with van der Waals surface area (Å²) in [6, 6.07) is 5.67. The van der Waals surface area contributed by atoms with Crippen LogP contribution in [0.15, 0.2) is 35.5 Å². The van der Waals surface area contributed by atoms with Crippen molar-refractivity contribution in [1.29, 1.82) is 0 Å². The number of benzene rings is 1. The van der Waals surface area contributed by atoms with Gasteiger partial charge in [0.2, 0.25) is 0 Å². The summed E-state index contributed by atoms with van der Waals surface area (Å²) in [5.74, 6) is -0.210. The molecule has 0 fully saturated rings. The molecule has 0 amide bonds. The van der Waals surface area contributed by atoms with E-state index in [9.17, 15) is 4.79 Å². The molecule has 0 aliphatic heterocycles. The van der Waals surface area contributed by atoms with E-state index in [4.69, 9.17) is 9.84 Å². The number of thioether (sulfide) groups is 1. The Hall–Kier alpha value is -1.95. The van der Waals surface area contributed by atoms with Crippen LogP contribution in [0.3, 0.4) is 0 Å². The molecule has 0 bridgehead atoms. The number of hydrogen-bond donors (Lipinski definition) is 1. The van der Waals surface area contributed by atoms with Crippen molar-refractivity contribution in [2.24, 2.45) is 0 Å². The highest BCUT2D eigenvalue weighted by atomic mass is 32.2. The molecule has 2 aromatic rings. The number of nitrogens with zero attached hydrogens (tertiary/aromatic N) is 2. The molecule has 2 rings (SSSR count). The average molecular weight is 292 g/mol. The van der Waals surface area contributed by atoms with Gasteiger partial charge in [-0.25, -0.2) is 4.98 Å². The van der Waals surface area contributed by atoms with Crippen LogP contribution < -0.4 is 4.74 Å². The Kier molecular flexibility index (Phi) is 4.34. The molecular formula is C14H16N2O3S. The van der Waals surface area contributed by atoms with E-state index in [1.165, 1.54) is 11.8 Å². The lowest BCUT2D eigenvalue weighted by molar-refractivity contribution is -0.133. The fourth-order valence-electron chi connectivity index (χ4n) is 1.92. The van der Waals surface area contributed by atoms with Crippen molar-refractivity contribution in [2.75, 3.05) is 12.9 Å². The van der Waals surface area contributed by atoms with Gasteiger partial charge in [0.1, 0.15) is 11.3 Å². The molecule has 6 heteroatoms. The number of aliphatic carboxylic acids is 1. The number of ether oxygens (including phenoxy) is 1. The quantitative estimate of drug-likeness (QED) is 0.655. The maximum Gasteiger partial charge on any atom is 0.313 e. The number of allylic oxidation sites excluding steroid dienone is 1. The highest BCUT2D eigenvalue weighted by Crippen LogP contribution is 2.30. The lowest BCUT2D eigenvalue weighted by atomic mass is 10.3. The first-order valence-electron chi connectivity index (χ1n) is 6.05. The number of methoxy groups -OCH3 is 1. The predicted molar refractivity (Wildman–Crippen MR) is 79.5 cm³/mol. The largest absolute Gasteiger partial charge is 0.494 e. The van der Waals surface area contributed by atoms with Crippen LogP contribution in [0.1, 0.15) is 6.92 Å². The first-order valence-corrected chi connectivity index (χ1v) is 7.03. The highest BCUT2D eigenvalue weighted by Gasteiger charge is 2.15. The number of rotatable bonds is 6. The molecule has 106 valence electrons. The zero-order valence-corrected chi connectivity index (χ0v) is 12.2. The Morgan fingerprint density at radius 2 is 2.30 bits per heavy atom. The van der Waals surface area contributed by atoms with Gasteiger partial charge in [0.05, 0.1) is 18.4 Å². The topological polar surface area (TPSA) is 64.4 Å². The van der Waals surface area contributed by atoms with Crippen LogP contribution in [0.2, 0.25) is 0 Å². The van der Waals surface area contributed by atoms with E-state index in [2.05, 4.69) is 11.6 Å². The molecule has 0 aliphatic rings. The smallest absolute Gasteiger partial charge is 0.313 e. The SMILES string of the molecule is C=C(C)Cn1c(SCC(=O)O)nc2c(OC)cccc21. The molecule has 1 aromatic heterocycles. The van der Waals surface area contributed by atoms with Crippen LogP contribution in [0.25, 0.3) is 11.0 Å². The Labute approximate surface area is 121 Å². The Bertz CT molecular complexity index is 664. The van der Waals surface area contributed by atoms with Crippen molar-refractivity contribution in [3.05, 3.63) is 30.4 Å². The monoisotopic (exact) mass is 292 g/mol. The van der Waals surface area contributed by atoms with E-state index in [0.717, 1.165) is 16.6 Å². The van der Waals surface area contributed by atoms with Crippen molar-refractivity contribution >= 4 is 28.8 Å². The minimum Gasteiger partial charge on any atom is -0.494 e. The lowest BCUT2D eigenvalue weighted by Crippen LogP contribution is -2.03. The second-order valence-corrected chi connectivity index (χ2v) is 5.39. The van der Waals surface area contributed by atoms with Gasteiger partial charge in [-0.15, -0.1) is 0 Å². The first kappa shape index (κ1) is 14.5. The molecule has 1 N–H and O–H groups in total. The fraction of sp³-hybridized carbons (Fsp3) is 0.286. The second-order valence-electron chi connectivity index (χ2n) is 4.45. The standard InChI is InChI=1S/C14H16N2O3S/c1-9(2)7-16-10-5-4-6-11(19-3)13(10)15-14(16)20-8-12(17)18/h4-6H,1,7-8H2,2-3H3,(H,17,18). The number of carbonyl (C=O) groups is 1. The average Bonchev–Trinajstić information content (AvgIpc) is 2.74. The number of para-hydroxylation sites is 1. The van der Waals surface area contributed by atoms with E-state index in [1.54, 1.807) is 7.11 Å². The molecule has 0 aliphatic carbocycles. The van der Waals surface area contributed by atoms with Crippen LogP contribution >= 0.6 is 11.8 Å². The Morgan fingerprint density at radius 3 is 2.90 bits per heavy atom. The molecule has 0 unspecified atom stereocenters. The molecule has 0 saturated heterocycles. The van der Waals surface area contributed by atoms with Crippen molar-refractivity contribution in [3.63, 3.8) is 0 Å². The predicted octanol–water partition coefficient (Wildman–Crippen LogP) is 2.80. The van der Waals surface area contributed by atoms with Gasteiger partial charge in [0, 0.05) is 6.54 Å². The fourth-order valence-corrected chi connectivity index (χ4v) is 2.65. The van der Waals surface area contributed by atoms with Gasteiger partial charge >= 0.3 is 5.97 Å². The zero-order chi connectivity index (χ0) is 14.7. The Morgan fingerprint density at radius 1 is 1.55 bits per heavy atom. The summed E-state index contributed by atoms with van der Waals surface area (Å²) in [6.07, 6.45) is 0. The summed E-state index contributed by atoms with van der Waals surface area (Å²) in [7, 11) is 1.59. The maximum absolute atomic E-state index is 10.7. The molecule has 5 nitrogen and oxygen atoms in total. The summed E-state index contributed by atoms with van der Waals surface area (Å²) >= 11 is 1.20. The van der Waals surface area contributed by atoms with E-state index >= 15 is 0 Å². The van der Waals surface area contributed by atoms with Crippen LogP contribution in [0, 0.1) is 0 Å². The molecule has 1 aromatic carbocycles. The minimum atomic E-state index is -0.865. The molecule has 0 atom stereocenters. The van der Waals surface area contributed by atoms with Crippen LogP contribution in [-0.2, 0) is 11.3 Å². The van der Waals surface area contributed by atoms with Crippen LogP contribution in [0.5, 0.6) is 5.75 Å². The molecular weight excluding hydrogens is 276 g/mol. The number of carboxylic acid groups (broad SMARTS) is 1. The van der Waals surface area contributed by atoms with Crippen molar-refractivity contribution in [2.45, 2.75) is 18.6 Å². The van der Waals surface area contributed by atoms with Crippen molar-refractivity contribution in [1.82, 2.24) is 9.55 Å². The summed E-state index contributed by atoms with van der Waals surface area (Å²) in [6.45, 7) is 6.44.